The Hall–Kier alpha value is -8.28. The maximum atomic E-state index is 7.28. The van der Waals surface area contributed by atoms with Gasteiger partial charge in [-0.1, -0.05) is 151 Å². The lowest BCUT2D eigenvalue weighted by Gasteiger charge is -2.41. The number of nitrogens with zero attached hydrogens (tertiary/aromatic N) is 2. The molecule has 0 unspecified atom stereocenters. The third-order valence-corrected chi connectivity index (χ3v) is 14.5. The molecule has 0 radical (unpaired) electrons. The molecule has 0 saturated heterocycles. The van der Waals surface area contributed by atoms with E-state index in [0.29, 0.717) is 0 Å². The minimum atomic E-state index is -0.190. The summed E-state index contributed by atoms with van der Waals surface area (Å²) < 4.78 is 14.6. The molecule has 0 amide bonds. The molecule has 0 N–H and O–H groups in total. The zero-order valence-corrected chi connectivity index (χ0v) is 35.7. The zero-order chi connectivity index (χ0) is 42.7. The predicted molar refractivity (Wildman–Crippen MR) is 275 cm³/mol. The minimum absolute atomic E-state index is 0.190. The first-order valence-electron chi connectivity index (χ1n) is 22.5. The van der Waals surface area contributed by atoms with Crippen molar-refractivity contribution >= 4 is 144 Å². The molecular formula is C60H37BN2O2. The summed E-state index contributed by atoms with van der Waals surface area (Å²) in [5.74, 6) is 1.68. The first kappa shape index (κ1) is 35.2. The second-order valence-electron chi connectivity index (χ2n) is 18.0. The lowest BCUT2D eigenvalue weighted by Crippen LogP contribution is -2.60. The first-order chi connectivity index (χ1) is 32.1. The molecule has 0 saturated carbocycles. The molecule has 2 aliphatic heterocycles. The van der Waals surface area contributed by atoms with E-state index in [1.54, 1.807) is 0 Å². The summed E-state index contributed by atoms with van der Waals surface area (Å²) in [5.41, 5.74) is 12.0. The summed E-state index contributed by atoms with van der Waals surface area (Å²) in [6, 6.07) is 69.1. The van der Waals surface area contributed by atoms with Gasteiger partial charge in [0.25, 0.3) is 6.71 Å². The van der Waals surface area contributed by atoms with E-state index in [1.165, 1.54) is 81.2 Å². The maximum Gasteiger partial charge on any atom is 0.262 e. The van der Waals surface area contributed by atoms with Crippen LogP contribution in [0.1, 0.15) is 11.1 Å². The summed E-state index contributed by atoms with van der Waals surface area (Å²) in [7, 11) is 0. The van der Waals surface area contributed by atoms with Gasteiger partial charge in [0.05, 0.1) is 11.4 Å². The van der Waals surface area contributed by atoms with Crippen LogP contribution in [0, 0.1) is 13.8 Å². The standard InChI is InChI=1S/C60H37BN2O2/c1-34-28-30-52-46(32-34)56-59(64-52)62(48-24-11-22-44-40-16-5-3-14-36(40)38-18-7-9-20-42(38)54(44)48)50-26-13-27-51-58(50)61(56)57-47-33-35(2)29-31-53(47)65-60(57)63(51)49-25-12-23-45-41-17-6-4-15-37(41)39-19-8-10-21-43(39)55(45)49/h3-33H,1-2H3. The van der Waals surface area contributed by atoms with Crippen molar-refractivity contribution in [3.8, 4) is 0 Å². The van der Waals surface area contributed by atoms with E-state index >= 15 is 0 Å². The van der Waals surface area contributed by atoms with Gasteiger partial charge in [0.2, 0.25) is 11.8 Å². The second-order valence-corrected chi connectivity index (χ2v) is 18.0. The number of hydrogen-bond donors (Lipinski definition) is 0. The molecule has 13 aromatic rings. The largest absolute Gasteiger partial charge is 0.440 e. The fraction of sp³-hybridized carbons (Fsp3) is 0.0333. The summed E-state index contributed by atoms with van der Waals surface area (Å²) >= 11 is 0. The highest BCUT2D eigenvalue weighted by Crippen LogP contribution is 2.52. The molecule has 11 aromatic carbocycles. The van der Waals surface area contributed by atoms with Crippen LogP contribution in [-0.2, 0) is 0 Å². The Morgan fingerprint density at radius 3 is 1.03 bits per heavy atom. The molecule has 302 valence electrons. The van der Waals surface area contributed by atoms with Gasteiger partial charge in [-0.05, 0) is 122 Å². The van der Waals surface area contributed by atoms with Crippen molar-refractivity contribution in [1.29, 1.82) is 0 Å². The van der Waals surface area contributed by atoms with E-state index in [-0.39, 0.29) is 6.71 Å². The number of rotatable bonds is 2. The third kappa shape index (κ3) is 4.56. The number of benzene rings is 11. The second kappa shape index (κ2) is 12.7. The Morgan fingerprint density at radius 1 is 0.308 bits per heavy atom. The predicted octanol–water partition coefficient (Wildman–Crippen LogP) is 14.8. The van der Waals surface area contributed by atoms with Crippen molar-refractivity contribution < 1.29 is 8.83 Å². The summed E-state index contributed by atoms with van der Waals surface area (Å²) in [6.45, 7) is 4.17. The van der Waals surface area contributed by atoms with Gasteiger partial charge in [-0.2, -0.15) is 0 Å². The van der Waals surface area contributed by atoms with Gasteiger partial charge in [0.1, 0.15) is 11.2 Å². The monoisotopic (exact) mass is 828 g/mol. The molecule has 0 aliphatic carbocycles. The van der Waals surface area contributed by atoms with Crippen LogP contribution in [0.25, 0.3) is 86.6 Å². The Morgan fingerprint density at radius 2 is 0.631 bits per heavy atom. The third-order valence-electron chi connectivity index (χ3n) is 14.5. The topological polar surface area (TPSA) is 32.8 Å². The van der Waals surface area contributed by atoms with Crippen LogP contribution in [0.2, 0.25) is 0 Å². The number of aryl methyl sites for hydroxylation is 2. The van der Waals surface area contributed by atoms with Crippen molar-refractivity contribution in [2.24, 2.45) is 0 Å². The van der Waals surface area contributed by atoms with Crippen molar-refractivity contribution in [2.75, 3.05) is 9.80 Å². The Bertz CT molecular complexity index is 3900. The summed E-state index contributed by atoms with van der Waals surface area (Å²) in [5, 5.41) is 17.0. The molecule has 0 atom stereocenters. The molecule has 2 aliphatic rings. The molecule has 0 spiro atoms. The summed E-state index contributed by atoms with van der Waals surface area (Å²) in [6.07, 6.45) is 0. The molecule has 2 aromatic heterocycles. The van der Waals surface area contributed by atoms with E-state index in [0.717, 1.165) is 67.4 Å². The highest BCUT2D eigenvalue weighted by atomic mass is 16.4. The average molecular weight is 829 g/mol. The number of anilines is 6. The number of fused-ring (bicyclic) bond motifs is 20. The van der Waals surface area contributed by atoms with Gasteiger partial charge < -0.3 is 8.83 Å². The van der Waals surface area contributed by atoms with E-state index in [9.17, 15) is 0 Å². The highest BCUT2D eigenvalue weighted by Gasteiger charge is 2.49. The van der Waals surface area contributed by atoms with E-state index in [4.69, 9.17) is 8.83 Å². The Kier molecular flexibility index (Phi) is 6.87. The SMILES string of the molecule is Cc1ccc2oc3c(c2c1)B1c2c(cccc2N(c2cccc4c5ccccc5c5ccccc5c24)c2oc4ccc(C)cc4c21)N3c1cccc2c3ccccc3c3ccccc3c12. The maximum absolute atomic E-state index is 7.28. The van der Waals surface area contributed by atoms with E-state index in [2.05, 4.69) is 212 Å². The minimum Gasteiger partial charge on any atom is -0.440 e. The van der Waals surface area contributed by atoms with Crippen LogP contribution in [0.5, 0.6) is 0 Å². The van der Waals surface area contributed by atoms with Gasteiger partial charge in [0.15, 0.2) is 0 Å². The van der Waals surface area contributed by atoms with Gasteiger partial charge in [-0.3, -0.25) is 9.80 Å². The lowest BCUT2D eigenvalue weighted by molar-refractivity contribution is 0.621. The van der Waals surface area contributed by atoms with Crippen LogP contribution in [-0.4, -0.2) is 6.71 Å². The fourth-order valence-corrected chi connectivity index (χ4v) is 11.9. The lowest BCUT2D eigenvalue weighted by atomic mass is 9.33. The molecular weight excluding hydrogens is 791 g/mol. The van der Waals surface area contributed by atoms with Crippen LogP contribution in [0.4, 0.5) is 34.5 Å². The number of hydrogen-bond acceptors (Lipinski definition) is 4. The van der Waals surface area contributed by atoms with Gasteiger partial charge in [-0.15, -0.1) is 0 Å². The molecule has 4 nitrogen and oxygen atoms in total. The van der Waals surface area contributed by atoms with Gasteiger partial charge in [0, 0.05) is 43.8 Å². The van der Waals surface area contributed by atoms with Gasteiger partial charge >= 0.3 is 0 Å². The van der Waals surface area contributed by atoms with E-state index < -0.39 is 0 Å². The molecule has 15 rings (SSSR count). The van der Waals surface area contributed by atoms with Gasteiger partial charge in [-0.25, -0.2) is 0 Å². The molecule has 0 fully saturated rings. The van der Waals surface area contributed by atoms with Crippen molar-refractivity contribution in [2.45, 2.75) is 13.8 Å². The normalized spacial score (nSPS) is 13.3. The van der Waals surface area contributed by atoms with Crippen LogP contribution in [0.3, 0.4) is 0 Å². The molecule has 65 heavy (non-hydrogen) atoms. The Balaban J connectivity index is 1.12. The summed E-state index contributed by atoms with van der Waals surface area (Å²) in [4.78, 5) is 4.87. The molecule has 4 heterocycles. The van der Waals surface area contributed by atoms with Crippen LogP contribution in [0.15, 0.2) is 197 Å². The average Bonchev–Trinajstić information content (AvgIpc) is 3.92. The van der Waals surface area contributed by atoms with Crippen LogP contribution >= 0.6 is 0 Å². The van der Waals surface area contributed by atoms with E-state index in [1.807, 2.05) is 0 Å². The van der Waals surface area contributed by atoms with Crippen molar-refractivity contribution in [3.63, 3.8) is 0 Å². The Labute approximate surface area is 374 Å². The molecule has 5 heteroatoms. The smallest absolute Gasteiger partial charge is 0.262 e. The highest BCUT2D eigenvalue weighted by molar-refractivity contribution is 7.02. The quantitative estimate of drug-likeness (QED) is 0.128. The van der Waals surface area contributed by atoms with Crippen molar-refractivity contribution in [3.05, 3.63) is 199 Å². The first-order valence-corrected chi connectivity index (χ1v) is 22.5. The number of furan rings is 2. The van der Waals surface area contributed by atoms with Crippen molar-refractivity contribution in [1.82, 2.24) is 0 Å². The fourth-order valence-electron chi connectivity index (χ4n) is 11.9. The van der Waals surface area contributed by atoms with Crippen LogP contribution < -0.4 is 26.2 Å². The zero-order valence-electron chi connectivity index (χ0n) is 35.7. The molecule has 0 bridgehead atoms.